The topological polar surface area (TPSA) is 87.2 Å². The standard InChI is InChI=1S/C16H19N3O2/c17-11-14(10-12-4-2-1-3-5-12)16(21)19-8-6-13(7-9-19)15(18)20/h1-5,13-14H,6-10H2,(H2,18,20). The van der Waals surface area contributed by atoms with Crippen LogP contribution in [0, 0.1) is 23.2 Å². The number of rotatable bonds is 4. The van der Waals surface area contributed by atoms with E-state index >= 15 is 0 Å². The molecule has 5 nitrogen and oxygen atoms in total. The normalized spacial score (nSPS) is 17.0. The van der Waals surface area contributed by atoms with Gasteiger partial charge < -0.3 is 10.6 Å². The second-order valence-electron chi connectivity index (χ2n) is 5.37. The van der Waals surface area contributed by atoms with Crippen LogP contribution < -0.4 is 5.73 Å². The summed E-state index contributed by atoms with van der Waals surface area (Å²) in [6.07, 6.45) is 1.60. The van der Waals surface area contributed by atoms with Gasteiger partial charge in [-0.25, -0.2) is 0 Å². The number of amides is 2. The predicted molar refractivity (Wildman–Crippen MR) is 77.7 cm³/mol. The van der Waals surface area contributed by atoms with Crippen LogP contribution >= 0.6 is 0 Å². The largest absolute Gasteiger partial charge is 0.369 e. The monoisotopic (exact) mass is 285 g/mol. The molecule has 2 amide bonds. The van der Waals surface area contributed by atoms with Gasteiger partial charge in [-0.05, 0) is 24.8 Å². The molecule has 21 heavy (non-hydrogen) atoms. The van der Waals surface area contributed by atoms with Gasteiger partial charge in [0, 0.05) is 19.0 Å². The van der Waals surface area contributed by atoms with Crippen LogP contribution in [0.15, 0.2) is 30.3 Å². The smallest absolute Gasteiger partial charge is 0.240 e. The quantitative estimate of drug-likeness (QED) is 0.898. The molecule has 1 aromatic carbocycles. The summed E-state index contributed by atoms with van der Waals surface area (Å²) < 4.78 is 0. The van der Waals surface area contributed by atoms with Crippen molar-refractivity contribution in [3.8, 4) is 6.07 Å². The van der Waals surface area contributed by atoms with E-state index in [4.69, 9.17) is 5.73 Å². The highest BCUT2D eigenvalue weighted by molar-refractivity contribution is 5.82. The van der Waals surface area contributed by atoms with Crippen LogP contribution in [0.25, 0.3) is 0 Å². The van der Waals surface area contributed by atoms with Gasteiger partial charge in [0.05, 0.1) is 6.07 Å². The summed E-state index contributed by atoms with van der Waals surface area (Å²) >= 11 is 0. The SMILES string of the molecule is N#CC(Cc1ccccc1)C(=O)N1CCC(C(N)=O)CC1. The fraction of sp³-hybridized carbons (Fsp3) is 0.438. The van der Waals surface area contributed by atoms with Gasteiger partial charge in [0.25, 0.3) is 0 Å². The number of likely N-dealkylation sites (tertiary alicyclic amines) is 1. The minimum atomic E-state index is -0.669. The molecular weight excluding hydrogens is 266 g/mol. The van der Waals surface area contributed by atoms with E-state index in [2.05, 4.69) is 6.07 Å². The van der Waals surface area contributed by atoms with E-state index in [0.717, 1.165) is 5.56 Å². The van der Waals surface area contributed by atoms with Crippen LogP contribution in [0.5, 0.6) is 0 Å². The van der Waals surface area contributed by atoms with Gasteiger partial charge in [0.2, 0.25) is 11.8 Å². The van der Waals surface area contributed by atoms with E-state index < -0.39 is 5.92 Å². The van der Waals surface area contributed by atoms with Crippen molar-refractivity contribution in [1.29, 1.82) is 5.26 Å². The van der Waals surface area contributed by atoms with E-state index in [1.54, 1.807) is 4.90 Å². The molecule has 1 atom stereocenters. The molecule has 5 heteroatoms. The maximum atomic E-state index is 12.4. The van der Waals surface area contributed by atoms with Crippen molar-refractivity contribution in [3.05, 3.63) is 35.9 Å². The molecule has 1 aliphatic rings. The van der Waals surface area contributed by atoms with Crippen LogP contribution in [0.1, 0.15) is 18.4 Å². The van der Waals surface area contributed by atoms with Gasteiger partial charge in [-0.15, -0.1) is 0 Å². The Labute approximate surface area is 124 Å². The highest BCUT2D eigenvalue weighted by Gasteiger charge is 2.30. The lowest BCUT2D eigenvalue weighted by Crippen LogP contribution is -2.44. The second kappa shape index (κ2) is 6.89. The van der Waals surface area contributed by atoms with Gasteiger partial charge in [0.1, 0.15) is 5.92 Å². The number of benzene rings is 1. The first-order valence-corrected chi connectivity index (χ1v) is 7.13. The molecule has 2 rings (SSSR count). The van der Waals surface area contributed by atoms with E-state index in [1.807, 2.05) is 30.3 Å². The lowest BCUT2D eigenvalue weighted by Gasteiger charge is -2.31. The first kappa shape index (κ1) is 15.0. The number of nitrogens with zero attached hydrogens (tertiary/aromatic N) is 2. The molecule has 1 saturated heterocycles. The molecule has 0 spiro atoms. The minimum Gasteiger partial charge on any atom is -0.369 e. The van der Waals surface area contributed by atoms with Crippen LogP contribution in [-0.4, -0.2) is 29.8 Å². The Morgan fingerprint density at radius 2 is 1.90 bits per heavy atom. The van der Waals surface area contributed by atoms with Gasteiger partial charge in [-0.3, -0.25) is 9.59 Å². The lowest BCUT2D eigenvalue weighted by atomic mass is 9.94. The fourth-order valence-electron chi connectivity index (χ4n) is 2.64. The number of hydrogen-bond donors (Lipinski definition) is 1. The van der Waals surface area contributed by atoms with Gasteiger partial charge in [-0.2, -0.15) is 5.26 Å². The third-order valence-electron chi connectivity index (χ3n) is 3.95. The van der Waals surface area contributed by atoms with E-state index in [1.165, 1.54) is 0 Å². The first-order chi connectivity index (χ1) is 10.1. The number of piperidine rings is 1. The van der Waals surface area contributed by atoms with Crippen molar-refractivity contribution in [2.75, 3.05) is 13.1 Å². The van der Waals surface area contributed by atoms with Crippen LogP contribution in [-0.2, 0) is 16.0 Å². The number of nitrogens with two attached hydrogens (primary N) is 1. The van der Waals surface area contributed by atoms with E-state index in [0.29, 0.717) is 32.4 Å². The molecule has 0 bridgehead atoms. The molecule has 1 heterocycles. The van der Waals surface area contributed by atoms with E-state index in [9.17, 15) is 14.9 Å². The second-order valence-corrected chi connectivity index (χ2v) is 5.37. The summed E-state index contributed by atoms with van der Waals surface area (Å²) in [4.78, 5) is 25.2. The molecule has 1 aromatic rings. The molecule has 2 N–H and O–H groups in total. The zero-order valence-corrected chi connectivity index (χ0v) is 11.9. The first-order valence-electron chi connectivity index (χ1n) is 7.13. The van der Waals surface area contributed by atoms with Gasteiger partial charge in [0.15, 0.2) is 0 Å². The molecule has 1 fully saturated rings. The molecule has 0 radical (unpaired) electrons. The van der Waals surface area contributed by atoms with Crippen LogP contribution in [0.4, 0.5) is 0 Å². The molecule has 1 aliphatic heterocycles. The fourth-order valence-corrected chi connectivity index (χ4v) is 2.64. The van der Waals surface area contributed by atoms with Crippen molar-refractivity contribution in [2.24, 2.45) is 17.6 Å². The zero-order chi connectivity index (χ0) is 15.2. The van der Waals surface area contributed by atoms with Crippen molar-refractivity contribution in [1.82, 2.24) is 4.90 Å². The summed E-state index contributed by atoms with van der Waals surface area (Å²) in [7, 11) is 0. The molecule has 0 saturated carbocycles. The van der Waals surface area contributed by atoms with Crippen molar-refractivity contribution in [2.45, 2.75) is 19.3 Å². The van der Waals surface area contributed by atoms with Crippen molar-refractivity contribution < 1.29 is 9.59 Å². The third kappa shape index (κ3) is 3.82. The summed E-state index contributed by atoms with van der Waals surface area (Å²) in [5.41, 5.74) is 6.26. The molecule has 0 aromatic heterocycles. The van der Waals surface area contributed by atoms with E-state index in [-0.39, 0.29) is 17.7 Å². The number of carbonyl (C=O) groups is 2. The minimum absolute atomic E-state index is 0.149. The summed E-state index contributed by atoms with van der Waals surface area (Å²) in [5.74, 6) is -1.27. The number of carbonyl (C=O) groups excluding carboxylic acids is 2. The maximum absolute atomic E-state index is 12.4. The Morgan fingerprint density at radius 3 is 2.43 bits per heavy atom. The Morgan fingerprint density at radius 1 is 1.29 bits per heavy atom. The average molecular weight is 285 g/mol. The van der Waals surface area contributed by atoms with Crippen LogP contribution in [0.2, 0.25) is 0 Å². The third-order valence-corrected chi connectivity index (χ3v) is 3.95. The predicted octanol–water partition coefficient (Wildman–Crippen LogP) is 1.09. The summed E-state index contributed by atoms with van der Waals surface area (Å²) in [5, 5.41) is 9.26. The average Bonchev–Trinajstić information content (AvgIpc) is 2.53. The molecule has 0 aliphatic carbocycles. The lowest BCUT2D eigenvalue weighted by molar-refractivity contribution is -0.137. The van der Waals surface area contributed by atoms with Gasteiger partial charge in [-0.1, -0.05) is 30.3 Å². The molecule has 1 unspecified atom stereocenters. The number of nitriles is 1. The number of hydrogen-bond acceptors (Lipinski definition) is 3. The number of primary amides is 1. The zero-order valence-electron chi connectivity index (χ0n) is 11.9. The van der Waals surface area contributed by atoms with Crippen molar-refractivity contribution in [3.63, 3.8) is 0 Å². The maximum Gasteiger partial charge on any atom is 0.240 e. The highest BCUT2D eigenvalue weighted by Crippen LogP contribution is 2.19. The summed E-state index contributed by atoms with van der Waals surface area (Å²) in [6.45, 7) is 0.999. The Bertz CT molecular complexity index is 542. The molecule has 110 valence electrons. The van der Waals surface area contributed by atoms with Crippen molar-refractivity contribution >= 4 is 11.8 Å². The Kier molecular flexibility index (Phi) is 4.94. The molecular formula is C16H19N3O2. The Balaban J connectivity index is 1.95. The van der Waals surface area contributed by atoms with Crippen LogP contribution in [0.3, 0.4) is 0 Å². The highest BCUT2D eigenvalue weighted by atomic mass is 16.2. The van der Waals surface area contributed by atoms with Gasteiger partial charge >= 0.3 is 0 Å². The summed E-state index contributed by atoms with van der Waals surface area (Å²) in [6, 6.07) is 11.6. The Hall–Kier alpha value is -2.35.